The molecule has 0 bridgehead atoms. The summed E-state index contributed by atoms with van der Waals surface area (Å²) in [4.78, 5) is 51.1. The number of carbonyl (C=O) groups is 3. The molecular formula is C44H80N2O25. The highest BCUT2D eigenvalue weighted by Crippen LogP contribution is 2.48. The number of ether oxygens (including phenoxy) is 6. The van der Waals surface area contributed by atoms with Crippen LogP contribution in [0.4, 0.5) is 0 Å². The maximum absolute atomic E-state index is 13.8. The number of hydrogen-bond acceptors (Lipinski definition) is 24. The molecule has 3 heterocycles. The van der Waals surface area contributed by atoms with Crippen LogP contribution in [0.1, 0.15) is 82.9 Å². The van der Waals surface area contributed by atoms with Crippen molar-refractivity contribution in [3.63, 3.8) is 0 Å². The molecule has 0 aromatic carbocycles. The molecule has 3 saturated heterocycles. The van der Waals surface area contributed by atoms with Crippen molar-refractivity contribution in [2.75, 3.05) is 39.6 Å². The minimum absolute atomic E-state index is 0.0242. The molecule has 0 aromatic heterocycles. The van der Waals surface area contributed by atoms with Gasteiger partial charge in [-0.05, 0) is 38.5 Å². The number of hydroxylamine groups is 2. The summed E-state index contributed by atoms with van der Waals surface area (Å²) < 4.78 is 44.4. The molecule has 0 aromatic rings. The molecule has 27 nitrogen and oxygen atoms in total. The van der Waals surface area contributed by atoms with Crippen LogP contribution < -0.4 is 11.0 Å². The Morgan fingerprint density at radius 2 is 1.08 bits per heavy atom. The van der Waals surface area contributed by atoms with E-state index in [0.717, 1.165) is 0 Å². The second kappa shape index (κ2) is 26.4. The van der Waals surface area contributed by atoms with Crippen LogP contribution in [0.5, 0.6) is 0 Å². The zero-order valence-corrected chi connectivity index (χ0v) is 41.3. The quantitative estimate of drug-likeness (QED) is 0.0316. The second-order valence-corrected chi connectivity index (χ2v) is 19.5. The van der Waals surface area contributed by atoms with Crippen LogP contribution in [0, 0.1) is 29.1 Å². The van der Waals surface area contributed by atoms with Crippen molar-refractivity contribution in [2.24, 2.45) is 29.1 Å². The number of carboxylic acid groups (broad SMARTS) is 3. The number of carboxylic acids is 3. The fourth-order valence-electron chi connectivity index (χ4n) is 10.1. The van der Waals surface area contributed by atoms with E-state index >= 15 is 0 Å². The van der Waals surface area contributed by atoms with Gasteiger partial charge in [-0.2, -0.15) is 11.0 Å². The number of aliphatic hydroxyl groups excluding tert-OH is 11. The van der Waals surface area contributed by atoms with Gasteiger partial charge in [0.2, 0.25) is 0 Å². The molecule has 0 aliphatic carbocycles. The van der Waals surface area contributed by atoms with Crippen molar-refractivity contribution in [2.45, 2.75) is 190 Å². The first-order valence-corrected chi connectivity index (χ1v) is 23.6. The first-order chi connectivity index (χ1) is 33.5. The van der Waals surface area contributed by atoms with Crippen LogP contribution in [-0.2, 0) is 52.5 Å². The number of aliphatic hydroxyl groups is 11. The molecule has 27 heteroatoms. The summed E-state index contributed by atoms with van der Waals surface area (Å²) in [6.45, 7) is 7.71. The van der Waals surface area contributed by atoms with Crippen molar-refractivity contribution in [3.05, 3.63) is 0 Å². The number of aliphatic carboxylic acids is 3. The van der Waals surface area contributed by atoms with Gasteiger partial charge in [-0.3, -0.25) is 0 Å². The summed E-state index contributed by atoms with van der Waals surface area (Å²) in [6, 6.07) is -3.03. The Bertz CT molecular complexity index is 1700. The number of nitrogens with one attached hydrogen (secondary N) is 2. The van der Waals surface area contributed by atoms with Crippen molar-refractivity contribution in [3.8, 4) is 0 Å². The van der Waals surface area contributed by atoms with Gasteiger partial charge in [0.1, 0.15) is 42.7 Å². The third kappa shape index (κ3) is 14.1. The van der Waals surface area contributed by atoms with E-state index < -0.39 is 208 Å². The highest BCUT2D eigenvalue weighted by molar-refractivity contribution is 5.77. The summed E-state index contributed by atoms with van der Waals surface area (Å²) >= 11 is 0. The molecule has 3 rings (SSSR count). The predicted octanol–water partition coefficient (Wildman–Crippen LogP) is -4.24. The Morgan fingerprint density at radius 1 is 0.676 bits per heavy atom. The maximum Gasteiger partial charge on any atom is 0.364 e. The Morgan fingerprint density at radius 3 is 1.49 bits per heavy atom. The van der Waals surface area contributed by atoms with Gasteiger partial charge in [0.05, 0.1) is 88.3 Å². The Hall–Kier alpha value is -2.43. The molecule has 0 saturated carbocycles. The molecule has 16 N–H and O–H groups in total. The van der Waals surface area contributed by atoms with E-state index in [2.05, 4.69) is 11.0 Å². The van der Waals surface area contributed by atoms with Crippen molar-refractivity contribution in [1.29, 1.82) is 0 Å². The lowest BCUT2D eigenvalue weighted by Gasteiger charge is -2.53. The molecule has 416 valence electrons. The third-order valence-electron chi connectivity index (χ3n) is 13.7. The Balaban J connectivity index is 2.41. The van der Waals surface area contributed by atoms with Crippen LogP contribution in [0.25, 0.3) is 0 Å². The van der Waals surface area contributed by atoms with Gasteiger partial charge in [-0.15, -0.1) is 0 Å². The van der Waals surface area contributed by atoms with E-state index in [0.29, 0.717) is 0 Å². The monoisotopic (exact) mass is 1040 g/mol. The van der Waals surface area contributed by atoms with Crippen molar-refractivity contribution < 1.29 is 125 Å². The fourth-order valence-corrected chi connectivity index (χ4v) is 10.1. The third-order valence-corrected chi connectivity index (χ3v) is 13.7. The highest BCUT2D eigenvalue weighted by atomic mass is 16.8. The summed E-state index contributed by atoms with van der Waals surface area (Å²) in [7, 11) is 0. The Labute approximate surface area is 412 Å². The van der Waals surface area contributed by atoms with E-state index in [4.69, 9.17) is 39.5 Å². The molecule has 20 unspecified atom stereocenters. The lowest BCUT2D eigenvalue weighted by Crippen LogP contribution is -2.69. The first kappa shape index (κ1) is 61.1. The maximum atomic E-state index is 13.8. The van der Waals surface area contributed by atoms with E-state index in [1.165, 1.54) is 13.8 Å². The largest absolute Gasteiger partial charge is 0.477 e. The van der Waals surface area contributed by atoms with Crippen LogP contribution in [0.15, 0.2) is 0 Å². The summed E-state index contributed by atoms with van der Waals surface area (Å²) in [6.07, 6.45) is -27.9. The second-order valence-electron chi connectivity index (χ2n) is 19.5. The highest BCUT2D eigenvalue weighted by Gasteiger charge is 2.62. The molecule has 0 amide bonds. The molecule has 0 spiro atoms. The van der Waals surface area contributed by atoms with E-state index in [1.807, 2.05) is 0 Å². The summed E-state index contributed by atoms with van der Waals surface area (Å²) in [5, 5.41) is 152. The molecule has 0 radical (unpaired) electrons. The van der Waals surface area contributed by atoms with Gasteiger partial charge < -0.3 is 110 Å². The van der Waals surface area contributed by atoms with E-state index in [9.17, 15) is 85.9 Å². The minimum Gasteiger partial charge on any atom is -0.477 e. The first-order valence-electron chi connectivity index (χ1n) is 24.3. The SMILES string of the molecule is [2H]CC(O)C(O)C1OC(OCC(C)(C(COC2(C(=O)O)CC(O)C(NOCC)C(C(O)C(O)CO)O2)OC2(C(=O)O)CC(O)C(NOCC)C(C(O)C(O)CO)O2)C(C(C)C)C(C)C)(C(=O)O)CC(O)C1C. The van der Waals surface area contributed by atoms with E-state index in [-0.39, 0.29) is 13.2 Å². The topological polar surface area (TPSA) is 432 Å². The molecule has 20 atom stereocenters. The van der Waals surface area contributed by atoms with Gasteiger partial charge in [0, 0.05) is 32.0 Å². The van der Waals surface area contributed by atoms with Crippen LogP contribution in [-0.4, -0.2) is 238 Å². The zero-order chi connectivity index (χ0) is 54.8. The number of rotatable bonds is 29. The van der Waals surface area contributed by atoms with Crippen molar-refractivity contribution in [1.82, 2.24) is 11.0 Å². The Kier molecular flexibility index (Phi) is 22.7. The number of hydrogen-bond donors (Lipinski definition) is 16. The van der Waals surface area contributed by atoms with Gasteiger partial charge in [0.15, 0.2) is 0 Å². The minimum atomic E-state index is -3.16. The summed E-state index contributed by atoms with van der Waals surface area (Å²) in [5.74, 6) is -17.9. The van der Waals surface area contributed by atoms with Crippen LogP contribution >= 0.6 is 0 Å². The van der Waals surface area contributed by atoms with Crippen LogP contribution in [0.2, 0.25) is 0 Å². The van der Waals surface area contributed by atoms with Gasteiger partial charge >= 0.3 is 17.9 Å². The molecule has 3 fully saturated rings. The summed E-state index contributed by atoms with van der Waals surface area (Å²) in [5.41, 5.74) is 2.94. The van der Waals surface area contributed by atoms with Gasteiger partial charge in [-0.25, -0.2) is 14.4 Å². The average molecular weight is 1040 g/mol. The molecule has 71 heavy (non-hydrogen) atoms. The van der Waals surface area contributed by atoms with Crippen LogP contribution in [0.3, 0.4) is 0 Å². The lowest BCUT2D eigenvalue weighted by molar-refractivity contribution is -0.365. The predicted molar refractivity (Wildman–Crippen MR) is 238 cm³/mol. The molecule has 3 aliphatic heterocycles. The zero-order valence-electron chi connectivity index (χ0n) is 42.3. The van der Waals surface area contributed by atoms with E-state index in [1.54, 1.807) is 41.5 Å². The normalized spacial score (nSPS) is 35.8. The standard InChI is InChI=1S/C44H80N2O25/c1-10-66-45-30-24(51)13-42(38(58)59,70-36(30)33(56)26(53)15-47)64-17-28(68-44(40(62)63)14-25(52)31(46-67-11-2)37(71-44)34(57)27(54)16-48)41(9,29(19(3)4)20(5)6)18-65-43(39(60)61)12-23(50)21(7)35(69-43)32(55)22(8)49/h19-37,45-57H,10-18H2,1-9H3,(H,58,59)(H,60,61)(H,62,63)/i8D. The fraction of sp³-hybridized carbons (Fsp3) is 0.932. The molecular weight excluding hydrogens is 956 g/mol. The molecule has 3 aliphatic rings. The average Bonchev–Trinajstić information content (AvgIpc) is 3.32. The smallest absolute Gasteiger partial charge is 0.364 e. The lowest BCUT2D eigenvalue weighted by atomic mass is 9.63. The van der Waals surface area contributed by atoms with Crippen molar-refractivity contribution >= 4 is 17.9 Å². The van der Waals surface area contributed by atoms with Gasteiger partial charge in [0.25, 0.3) is 17.4 Å². The van der Waals surface area contributed by atoms with Gasteiger partial charge in [-0.1, -0.05) is 41.5 Å².